The SMILES string of the molecule is CCCC(CC)NCC1(O)CCCC1. The van der Waals surface area contributed by atoms with Crippen LogP contribution >= 0.6 is 0 Å². The Hall–Kier alpha value is -0.0800. The molecule has 0 radical (unpaired) electrons. The quantitative estimate of drug-likeness (QED) is 0.688. The van der Waals surface area contributed by atoms with Crippen LogP contribution in [0.25, 0.3) is 0 Å². The monoisotopic (exact) mass is 199 g/mol. The predicted molar refractivity (Wildman–Crippen MR) is 60.4 cm³/mol. The Morgan fingerprint density at radius 1 is 1.29 bits per heavy atom. The Bertz CT molecular complexity index is 152. The van der Waals surface area contributed by atoms with E-state index in [9.17, 15) is 5.11 Å². The van der Waals surface area contributed by atoms with Gasteiger partial charge in [-0.3, -0.25) is 0 Å². The maximum atomic E-state index is 10.1. The van der Waals surface area contributed by atoms with Gasteiger partial charge in [-0.25, -0.2) is 0 Å². The first-order chi connectivity index (χ1) is 6.70. The van der Waals surface area contributed by atoms with Crippen molar-refractivity contribution in [3.8, 4) is 0 Å². The molecule has 1 rings (SSSR count). The van der Waals surface area contributed by atoms with Crippen molar-refractivity contribution < 1.29 is 5.11 Å². The first-order valence-electron chi connectivity index (χ1n) is 6.16. The number of aliphatic hydroxyl groups is 1. The zero-order valence-corrected chi connectivity index (χ0v) is 9.68. The molecule has 0 aromatic rings. The molecule has 1 aliphatic carbocycles. The van der Waals surface area contributed by atoms with E-state index in [0.29, 0.717) is 6.04 Å². The Balaban J connectivity index is 2.23. The maximum absolute atomic E-state index is 10.1. The van der Waals surface area contributed by atoms with Gasteiger partial charge in [0, 0.05) is 12.6 Å². The molecule has 0 aromatic carbocycles. The minimum Gasteiger partial charge on any atom is -0.389 e. The van der Waals surface area contributed by atoms with E-state index in [1.54, 1.807) is 0 Å². The summed E-state index contributed by atoms with van der Waals surface area (Å²) in [5, 5.41) is 13.6. The highest BCUT2D eigenvalue weighted by molar-refractivity contribution is 4.87. The molecule has 14 heavy (non-hydrogen) atoms. The summed E-state index contributed by atoms with van der Waals surface area (Å²) in [5.41, 5.74) is -0.388. The van der Waals surface area contributed by atoms with Gasteiger partial charge in [-0.1, -0.05) is 33.1 Å². The van der Waals surface area contributed by atoms with Crippen LogP contribution in [0.1, 0.15) is 58.8 Å². The maximum Gasteiger partial charge on any atom is 0.0771 e. The van der Waals surface area contributed by atoms with E-state index in [1.165, 1.54) is 32.1 Å². The average Bonchev–Trinajstić information content (AvgIpc) is 2.60. The van der Waals surface area contributed by atoms with Gasteiger partial charge in [0.25, 0.3) is 0 Å². The molecular formula is C12H25NO. The molecule has 0 bridgehead atoms. The largest absolute Gasteiger partial charge is 0.389 e. The fourth-order valence-corrected chi connectivity index (χ4v) is 2.34. The molecule has 0 amide bonds. The molecule has 1 unspecified atom stereocenters. The topological polar surface area (TPSA) is 32.3 Å². The summed E-state index contributed by atoms with van der Waals surface area (Å²) in [6.45, 7) is 5.23. The van der Waals surface area contributed by atoms with Crippen molar-refractivity contribution in [2.24, 2.45) is 0 Å². The second-order valence-corrected chi connectivity index (χ2v) is 4.71. The van der Waals surface area contributed by atoms with Gasteiger partial charge in [-0.2, -0.15) is 0 Å². The van der Waals surface area contributed by atoms with Gasteiger partial charge in [-0.15, -0.1) is 0 Å². The molecule has 1 atom stereocenters. The zero-order valence-electron chi connectivity index (χ0n) is 9.68. The van der Waals surface area contributed by atoms with Crippen LogP contribution in [0.2, 0.25) is 0 Å². The van der Waals surface area contributed by atoms with Crippen LogP contribution in [-0.4, -0.2) is 23.3 Å². The van der Waals surface area contributed by atoms with Gasteiger partial charge >= 0.3 is 0 Å². The lowest BCUT2D eigenvalue weighted by Crippen LogP contribution is -2.42. The van der Waals surface area contributed by atoms with Crippen LogP contribution in [0, 0.1) is 0 Å². The summed E-state index contributed by atoms with van der Waals surface area (Å²) in [4.78, 5) is 0. The first-order valence-corrected chi connectivity index (χ1v) is 6.16. The molecule has 2 N–H and O–H groups in total. The average molecular weight is 199 g/mol. The Morgan fingerprint density at radius 3 is 2.43 bits per heavy atom. The van der Waals surface area contributed by atoms with Crippen molar-refractivity contribution in [2.45, 2.75) is 70.4 Å². The van der Waals surface area contributed by atoms with Crippen molar-refractivity contribution in [3.63, 3.8) is 0 Å². The summed E-state index contributed by atoms with van der Waals surface area (Å²) < 4.78 is 0. The van der Waals surface area contributed by atoms with Crippen LogP contribution in [0.15, 0.2) is 0 Å². The first kappa shape index (κ1) is 12.0. The number of hydrogen-bond donors (Lipinski definition) is 2. The molecule has 1 aliphatic rings. The summed E-state index contributed by atoms with van der Waals surface area (Å²) in [6.07, 6.45) is 8.00. The van der Waals surface area contributed by atoms with E-state index in [0.717, 1.165) is 19.4 Å². The third kappa shape index (κ3) is 3.58. The van der Waals surface area contributed by atoms with Crippen molar-refractivity contribution in [2.75, 3.05) is 6.54 Å². The van der Waals surface area contributed by atoms with Crippen molar-refractivity contribution in [3.05, 3.63) is 0 Å². The Kier molecular flexibility index (Phi) is 4.90. The predicted octanol–water partition coefficient (Wildman–Crippen LogP) is 2.46. The second kappa shape index (κ2) is 5.72. The van der Waals surface area contributed by atoms with Gasteiger partial charge in [0.1, 0.15) is 0 Å². The van der Waals surface area contributed by atoms with Crippen molar-refractivity contribution in [1.82, 2.24) is 5.32 Å². The summed E-state index contributed by atoms with van der Waals surface area (Å²) >= 11 is 0. The number of hydrogen-bond acceptors (Lipinski definition) is 2. The van der Waals surface area contributed by atoms with E-state index < -0.39 is 0 Å². The van der Waals surface area contributed by atoms with Gasteiger partial charge in [-0.05, 0) is 25.7 Å². The van der Waals surface area contributed by atoms with Gasteiger partial charge < -0.3 is 10.4 Å². The van der Waals surface area contributed by atoms with Crippen molar-refractivity contribution >= 4 is 0 Å². The molecule has 0 aliphatic heterocycles. The van der Waals surface area contributed by atoms with Gasteiger partial charge in [0.15, 0.2) is 0 Å². The van der Waals surface area contributed by atoms with E-state index in [4.69, 9.17) is 0 Å². The molecule has 1 saturated carbocycles. The summed E-state index contributed by atoms with van der Waals surface area (Å²) in [5.74, 6) is 0. The highest BCUT2D eigenvalue weighted by Gasteiger charge is 2.30. The zero-order chi connectivity index (χ0) is 10.4. The molecule has 0 saturated heterocycles. The lowest BCUT2D eigenvalue weighted by Gasteiger charge is -2.26. The molecule has 2 nitrogen and oxygen atoms in total. The highest BCUT2D eigenvalue weighted by atomic mass is 16.3. The van der Waals surface area contributed by atoms with E-state index in [-0.39, 0.29) is 5.60 Å². The third-order valence-corrected chi connectivity index (χ3v) is 3.38. The molecule has 0 aromatic heterocycles. The second-order valence-electron chi connectivity index (χ2n) is 4.71. The van der Waals surface area contributed by atoms with Crippen LogP contribution in [-0.2, 0) is 0 Å². The normalized spacial score (nSPS) is 22.5. The van der Waals surface area contributed by atoms with E-state index >= 15 is 0 Å². The molecule has 0 heterocycles. The van der Waals surface area contributed by atoms with Gasteiger partial charge in [0.05, 0.1) is 5.60 Å². The lowest BCUT2D eigenvalue weighted by atomic mass is 10.0. The smallest absolute Gasteiger partial charge is 0.0771 e. The van der Waals surface area contributed by atoms with Crippen LogP contribution in [0.5, 0.6) is 0 Å². The standard InChI is InChI=1S/C12H25NO/c1-3-7-11(4-2)13-10-12(14)8-5-6-9-12/h11,13-14H,3-10H2,1-2H3. The van der Waals surface area contributed by atoms with Crippen molar-refractivity contribution in [1.29, 1.82) is 0 Å². The molecular weight excluding hydrogens is 174 g/mol. The number of rotatable bonds is 6. The Morgan fingerprint density at radius 2 is 1.93 bits per heavy atom. The minimum absolute atomic E-state index is 0.388. The van der Waals surface area contributed by atoms with Crippen LogP contribution < -0.4 is 5.32 Å². The summed E-state index contributed by atoms with van der Waals surface area (Å²) in [7, 11) is 0. The lowest BCUT2D eigenvalue weighted by molar-refractivity contribution is 0.0443. The fourth-order valence-electron chi connectivity index (χ4n) is 2.34. The minimum atomic E-state index is -0.388. The Labute approximate surface area is 88.1 Å². The van der Waals surface area contributed by atoms with E-state index in [1.807, 2.05) is 0 Å². The highest BCUT2D eigenvalue weighted by Crippen LogP contribution is 2.28. The summed E-state index contributed by atoms with van der Waals surface area (Å²) in [6, 6.07) is 0.602. The molecule has 0 spiro atoms. The van der Waals surface area contributed by atoms with Crippen LogP contribution in [0.3, 0.4) is 0 Å². The fraction of sp³-hybridized carbons (Fsp3) is 1.00. The number of nitrogens with one attached hydrogen (secondary N) is 1. The third-order valence-electron chi connectivity index (χ3n) is 3.38. The van der Waals surface area contributed by atoms with E-state index in [2.05, 4.69) is 19.2 Å². The molecule has 84 valence electrons. The van der Waals surface area contributed by atoms with Gasteiger partial charge in [0.2, 0.25) is 0 Å². The molecule has 2 heteroatoms. The molecule has 1 fully saturated rings. The van der Waals surface area contributed by atoms with Crippen LogP contribution in [0.4, 0.5) is 0 Å².